The number of nitrogens with zero attached hydrogens (tertiary/aromatic N) is 6. The van der Waals surface area contributed by atoms with E-state index in [2.05, 4.69) is 24.9 Å². The molecule has 12 nitrogen and oxygen atoms in total. The number of pyridine rings is 1. The molecule has 0 atom stereocenters. The van der Waals surface area contributed by atoms with Gasteiger partial charge in [0.2, 0.25) is 5.88 Å². The summed E-state index contributed by atoms with van der Waals surface area (Å²) in [6, 6.07) is 5.16. The number of hydrogen-bond acceptors (Lipinski definition) is 11. The normalized spacial score (nSPS) is 16.4. The van der Waals surface area contributed by atoms with Crippen LogP contribution < -0.4 is 4.74 Å². The molecule has 1 aliphatic heterocycles. The van der Waals surface area contributed by atoms with E-state index in [-0.39, 0.29) is 42.1 Å². The zero-order chi connectivity index (χ0) is 30.1. The molecule has 222 valence electrons. The zero-order valence-electron chi connectivity index (χ0n) is 24.1. The summed E-state index contributed by atoms with van der Waals surface area (Å²) < 4.78 is 36.1. The highest BCUT2D eigenvalue weighted by Crippen LogP contribution is 2.37. The van der Waals surface area contributed by atoms with Crippen LogP contribution >= 0.6 is 0 Å². The van der Waals surface area contributed by atoms with Crippen molar-refractivity contribution in [2.45, 2.75) is 69.0 Å². The van der Waals surface area contributed by atoms with Crippen molar-refractivity contribution >= 4 is 21.7 Å². The first-order valence-corrected chi connectivity index (χ1v) is 15.6. The van der Waals surface area contributed by atoms with E-state index < -0.39 is 26.9 Å². The number of hydrogen-bond donors (Lipinski definition) is 0. The van der Waals surface area contributed by atoms with E-state index in [1.807, 2.05) is 6.92 Å². The Bertz CT molecular complexity index is 1580. The lowest BCUT2D eigenvalue weighted by atomic mass is 9.71. The molecule has 1 saturated heterocycles. The van der Waals surface area contributed by atoms with Crippen LogP contribution in [-0.4, -0.2) is 80.7 Å². The first-order chi connectivity index (χ1) is 19.9. The van der Waals surface area contributed by atoms with Gasteiger partial charge in [0.15, 0.2) is 15.6 Å². The number of carbonyl (C=O) groups is 2. The van der Waals surface area contributed by atoms with Gasteiger partial charge in [0.1, 0.15) is 22.6 Å². The smallest absolute Gasteiger partial charge is 0.410 e. The molecule has 1 saturated carbocycles. The Kier molecular flexibility index (Phi) is 7.97. The molecule has 0 aromatic carbocycles. The second-order valence-corrected chi connectivity index (χ2v) is 13.9. The van der Waals surface area contributed by atoms with Gasteiger partial charge in [0.05, 0.1) is 35.6 Å². The summed E-state index contributed by atoms with van der Waals surface area (Å²) in [6.07, 6.45) is 6.96. The van der Waals surface area contributed by atoms with Gasteiger partial charge in [-0.05, 0) is 58.7 Å². The summed E-state index contributed by atoms with van der Waals surface area (Å²) in [5.41, 5.74) is 0.352. The number of carbonyl (C=O) groups excluding carboxylic acids is 2. The summed E-state index contributed by atoms with van der Waals surface area (Å²) >= 11 is 0. The minimum atomic E-state index is -3.36. The van der Waals surface area contributed by atoms with Crippen molar-refractivity contribution in [1.82, 2.24) is 29.8 Å². The van der Waals surface area contributed by atoms with Crippen molar-refractivity contribution in [3.63, 3.8) is 0 Å². The third kappa shape index (κ3) is 6.56. The highest BCUT2D eigenvalue weighted by Gasteiger charge is 2.54. The molecule has 42 heavy (non-hydrogen) atoms. The largest absolute Gasteiger partial charge is 0.477 e. The third-order valence-corrected chi connectivity index (χ3v) is 9.18. The van der Waals surface area contributed by atoms with Crippen LogP contribution in [0.5, 0.6) is 5.88 Å². The minimum absolute atomic E-state index is 0.0210. The number of Topliss-reactive ketones (excluding diaryl/α,β-unsaturated/α-hetero) is 1. The van der Waals surface area contributed by atoms with Gasteiger partial charge in [-0.25, -0.2) is 28.2 Å². The van der Waals surface area contributed by atoms with Crippen LogP contribution in [-0.2, 0) is 37.0 Å². The fraction of sp³-hybridized carbons (Fsp3) is 0.483. The maximum absolute atomic E-state index is 13.9. The molecule has 3 aromatic rings. The van der Waals surface area contributed by atoms with Crippen LogP contribution in [0.4, 0.5) is 4.79 Å². The molecule has 2 fully saturated rings. The van der Waals surface area contributed by atoms with Crippen molar-refractivity contribution in [2.75, 3.05) is 19.7 Å². The summed E-state index contributed by atoms with van der Waals surface area (Å²) in [6.45, 7) is 7.74. The first-order valence-electron chi connectivity index (χ1n) is 13.8. The van der Waals surface area contributed by atoms with E-state index in [4.69, 9.17) is 9.47 Å². The van der Waals surface area contributed by atoms with Gasteiger partial charge in [0.25, 0.3) is 0 Å². The molecule has 0 radical (unpaired) electrons. The molecular weight excluding hydrogens is 560 g/mol. The fourth-order valence-electron chi connectivity index (χ4n) is 4.72. The topological polar surface area (TPSA) is 154 Å². The standard InChI is InChI=1S/C29H34N6O6S/c1-5-40-26-15-30-14-22(33-26)19-6-7-20(32-13-19)12-24(36)29(17-35(18-29)27(37)41-28(2,3)4)23-10-11-31-25(34-23)16-42(38,39)21-8-9-21/h6-7,10-11,13-15,21H,5,8-9,12,16-18H2,1-4H3. The number of likely N-dealkylation sites (tertiary alicyclic amines) is 1. The molecule has 0 unspecified atom stereocenters. The molecule has 0 N–H and O–H groups in total. The maximum atomic E-state index is 13.9. The molecule has 4 heterocycles. The van der Waals surface area contributed by atoms with Crippen LogP contribution in [0, 0.1) is 0 Å². The minimum Gasteiger partial charge on any atom is -0.477 e. The number of rotatable bonds is 10. The van der Waals surface area contributed by atoms with Gasteiger partial charge in [0, 0.05) is 43.2 Å². The lowest BCUT2D eigenvalue weighted by Crippen LogP contribution is -2.66. The van der Waals surface area contributed by atoms with Gasteiger partial charge >= 0.3 is 6.09 Å². The molecule has 1 amide bonds. The highest BCUT2D eigenvalue weighted by atomic mass is 32.2. The van der Waals surface area contributed by atoms with E-state index >= 15 is 0 Å². The highest BCUT2D eigenvalue weighted by molar-refractivity contribution is 7.91. The molecular formula is C29H34N6O6S. The van der Waals surface area contributed by atoms with E-state index in [0.29, 0.717) is 48.0 Å². The lowest BCUT2D eigenvalue weighted by Gasteiger charge is -2.48. The van der Waals surface area contributed by atoms with Crippen molar-refractivity contribution in [3.8, 4) is 17.1 Å². The van der Waals surface area contributed by atoms with E-state index in [1.165, 1.54) is 17.3 Å². The van der Waals surface area contributed by atoms with Gasteiger partial charge < -0.3 is 14.4 Å². The summed E-state index contributed by atoms with van der Waals surface area (Å²) in [4.78, 5) is 49.9. The quantitative estimate of drug-likeness (QED) is 0.340. The second-order valence-electron chi connectivity index (χ2n) is 11.6. The Balaban J connectivity index is 1.38. The van der Waals surface area contributed by atoms with Crippen LogP contribution in [0.1, 0.15) is 57.7 Å². The number of aromatic nitrogens is 5. The van der Waals surface area contributed by atoms with Crippen molar-refractivity contribution < 1.29 is 27.5 Å². The van der Waals surface area contributed by atoms with Crippen molar-refractivity contribution in [3.05, 3.63) is 60.2 Å². The van der Waals surface area contributed by atoms with Crippen LogP contribution in [0.25, 0.3) is 11.3 Å². The third-order valence-electron chi connectivity index (χ3n) is 7.03. The average molecular weight is 595 g/mol. The average Bonchev–Trinajstić information content (AvgIpc) is 3.75. The van der Waals surface area contributed by atoms with E-state index in [9.17, 15) is 18.0 Å². The molecule has 2 aliphatic rings. The van der Waals surface area contributed by atoms with E-state index in [0.717, 1.165) is 0 Å². The molecule has 0 bridgehead atoms. The van der Waals surface area contributed by atoms with Crippen LogP contribution in [0.3, 0.4) is 0 Å². The zero-order valence-corrected chi connectivity index (χ0v) is 24.9. The van der Waals surface area contributed by atoms with E-state index in [1.54, 1.807) is 51.4 Å². The fourth-order valence-corrected chi connectivity index (χ4v) is 6.31. The van der Waals surface area contributed by atoms with Gasteiger partial charge in [-0.15, -0.1) is 0 Å². The predicted octanol–water partition coefficient (Wildman–Crippen LogP) is 3.10. The summed E-state index contributed by atoms with van der Waals surface area (Å²) in [7, 11) is -3.36. The van der Waals surface area contributed by atoms with Gasteiger partial charge in [-0.1, -0.05) is 0 Å². The SMILES string of the molecule is CCOc1cncc(-c2ccc(CC(=O)C3(c4ccnc(CS(=O)(=O)C5CC5)n4)CN(C(=O)OC(C)(C)C)C3)nc2)n1. The summed E-state index contributed by atoms with van der Waals surface area (Å²) in [5.74, 6) is 0.0579. The Morgan fingerprint density at radius 1 is 1.05 bits per heavy atom. The molecule has 13 heteroatoms. The van der Waals surface area contributed by atoms with Crippen molar-refractivity contribution in [1.29, 1.82) is 0 Å². The van der Waals surface area contributed by atoms with Crippen LogP contribution in [0.2, 0.25) is 0 Å². The van der Waals surface area contributed by atoms with Crippen molar-refractivity contribution in [2.24, 2.45) is 0 Å². The molecule has 3 aromatic heterocycles. The number of ketones is 1. The van der Waals surface area contributed by atoms with Gasteiger partial charge in [-0.3, -0.25) is 14.8 Å². The van der Waals surface area contributed by atoms with Crippen LogP contribution in [0.15, 0.2) is 43.0 Å². The predicted molar refractivity (Wildman–Crippen MR) is 152 cm³/mol. The Labute approximate surface area is 244 Å². The second kappa shape index (κ2) is 11.3. The Morgan fingerprint density at radius 3 is 2.45 bits per heavy atom. The lowest BCUT2D eigenvalue weighted by molar-refractivity contribution is -0.130. The number of sulfone groups is 1. The molecule has 1 aliphatic carbocycles. The Morgan fingerprint density at radius 2 is 1.81 bits per heavy atom. The molecule has 0 spiro atoms. The van der Waals surface area contributed by atoms with Gasteiger partial charge in [-0.2, -0.15) is 0 Å². The maximum Gasteiger partial charge on any atom is 0.410 e. The molecule has 5 rings (SSSR count). The Hall–Kier alpha value is -4.00. The first kappa shape index (κ1) is 29.5. The monoisotopic (exact) mass is 594 g/mol. The number of ether oxygens (including phenoxy) is 2. The number of amides is 1. The summed E-state index contributed by atoms with van der Waals surface area (Å²) in [5, 5.41) is -0.353.